The number of nitrogens with two attached hydrogens (primary N) is 1. The Kier molecular flexibility index (Phi) is 4.87. The number of benzene rings is 1. The lowest BCUT2D eigenvalue weighted by Crippen LogP contribution is -2.22. The molecule has 5 nitrogen and oxygen atoms in total. The SMILES string of the molecule is COc1cc(S(=N)(=O)C(F)(F)F)c(OC)cc1CCN. The van der Waals surface area contributed by atoms with E-state index in [9.17, 15) is 17.4 Å². The van der Waals surface area contributed by atoms with Crippen molar-refractivity contribution in [2.24, 2.45) is 5.73 Å². The van der Waals surface area contributed by atoms with Gasteiger partial charge in [0.15, 0.2) is 9.73 Å². The highest BCUT2D eigenvalue weighted by atomic mass is 32.2. The summed E-state index contributed by atoms with van der Waals surface area (Å²) in [5.74, 6) is -0.179. The van der Waals surface area contributed by atoms with Crippen molar-refractivity contribution in [3.8, 4) is 11.5 Å². The van der Waals surface area contributed by atoms with Crippen LogP contribution in [-0.4, -0.2) is 30.5 Å². The maximum atomic E-state index is 12.7. The molecule has 1 rings (SSSR count). The van der Waals surface area contributed by atoms with E-state index in [1.807, 2.05) is 0 Å². The third-order valence-corrected chi connectivity index (χ3v) is 4.21. The Hall–Kier alpha value is -1.48. The lowest BCUT2D eigenvalue weighted by molar-refractivity contribution is -0.0407. The van der Waals surface area contributed by atoms with Crippen LogP contribution in [0.15, 0.2) is 17.0 Å². The number of nitrogens with one attached hydrogen (secondary N) is 1. The van der Waals surface area contributed by atoms with Crippen LogP contribution in [0, 0.1) is 4.78 Å². The molecule has 0 bridgehead atoms. The summed E-state index contributed by atoms with van der Waals surface area (Å²) in [6.07, 6.45) is 0.352. The molecular formula is C11H15F3N2O3S. The van der Waals surface area contributed by atoms with E-state index in [-0.39, 0.29) is 18.0 Å². The molecule has 3 N–H and O–H groups in total. The van der Waals surface area contributed by atoms with Gasteiger partial charge in [0.1, 0.15) is 16.4 Å². The molecule has 0 saturated carbocycles. The van der Waals surface area contributed by atoms with E-state index < -0.39 is 20.1 Å². The van der Waals surface area contributed by atoms with Crippen molar-refractivity contribution in [2.75, 3.05) is 20.8 Å². The van der Waals surface area contributed by atoms with Crippen molar-refractivity contribution in [3.63, 3.8) is 0 Å². The highest BCUT2D eigenvalue weighted by Crippen LogP contribution is 2.39. The van der Waals surface area contributed by atoms with Gasteiger partial charge in [-0.15, -0.1) is 0 Å². The van der Waals surface area contributed by atoms with Crippen LogP contribution in [0.4, 0.5) is 13.2 Å². The largest absolute Gasteiger partial charge is 0.496 e. The molecule has 1 aromatic rings. The minimum absolute atomic E-state index is 0.0930. The van der Waals surface area contributed by atoms with Gasteiger partial charge in [-0.1, -0.05) is 0 Å². The number of halogens is 3. The molecule has 0 aromatic heterocycles. The molecule has 0 heterocycles. The summed E-state index contributed by atoms with van der Waals surface area (Å²) in [6.45, 7) is 0.258. The van der Waals surface area contributed by atoms with Gasteiger partial charge in [0.2, 0.25) is 0 Å². The van der Waals surface area contributed by atoms with Crippen molar-refractivity contribution in [3.05, 3.63) is 17.7 Å². The lowest BCUT2D eigenvalue weighted by atomic mass is 10.1. The van der Waals surface area contributed by atoms with Crippen LogP contribution in [-0.2, 0) is 16.1 Å². The van der Waals surface area contributed by atoms with Crippen LogP contribution in [0.1, 0.15) is 5.56 Å². The molecule has 0 fully saturated rings. The fraction of sp³-hybridized carbons (Fsp3) is 0.455. The minimum Gasteiger partial charge on any atom is -0.496 e. The van der Waals surface area contributed by atoms with E-state index in [0.29, 0.717) is 12.0 Å². The van der Waals surface area contributed by atoms with Crippen LogP contribution in [0.3, 0.4) is 0 Å². The molecule has 1 aromatic carbocycles. The standard InChI is InChI=1S/C11H15F3N2O3S/c1-18-8-6-10(20(16,17)11(12,13)14)9(19-2)5-7(8)3-4-15/h5-6,16H,3-4,15H2,1-2H3. The molecule has 1 unspecified atom stereocenters. The molecule has 0 aliphatic carbocycles. The van der Waals surface area contributed by atoms with Crippen molar-refractivity contribution >= 4 is 9.73 Å². The number of hydrogen-bond donors (Lipinski definition) is 2. The van der Waals surface area contributed by atoms with Crippen molar-refractivity contribution in [1.29, 1.82) is 4.78 Å². The molecule has 0 aliphatic heterocycles. The zero-order valence-electron chi connectivity index (χ0n) is 10.9. The molecular weight excluding hydrogens is 297 g/mol. The predicted octanol–water partition coefficient (Wildman–Crippen LogP) is 2.13. The molecule has 9 heteroatoms. The van der Waals surface area contributed by atoms with E-state index in [1.165, 1.54) is 13.2 Å². The first-order chi connectivity index (χ1) is 9.18. The third-order valence-electron chi connectivity index (χ3n) is 2.62. The molecule has 0 spiro atoms. The predicted molar refractivity (Wildman–Crippen MR) is 67.5 cm³/mol. The average molecular weight is 312 g/mol. The lowest BCUT2D eigenvalue weighted by Gasteiger charge is -2.17. The second kappa shape index (κ2) is 5.88. The monoisotopic (exact) mass is 312 g/mol. The molecule has 0 saturated heterocycles. The topological polar surface area (TPSA) is 85.4 Å². The zero-order chi connectivity index (χ0) is 15.6. The number of alkyl halides is 3. The summed E-state index contributed by atoms with van der Waals surface area (Å²) in [5, 5.41) is 0. The van der Waals surface area contributed by atoms with Crippen LogP contribution >= 0.6 is 0 Å². The number of rotatable bonds is 5. The van der Waals surface area contributed by atoms with Gasteiger partial charge in [0.25, 0.3) is 0 Å². The van der Waals surface area contributed by atoms with Gasteiger partial charge in [0.05, 0.1) is 14.2 Å². The molecule has 20 heavy (non-hydrogen) atoms. The molecule has 114 valence electrons. The Labute approximate surface area is 114 Å². The molecule has 0 aliphatic rings. The van der Waals surface area contributed by atoms with Gasteiger partial charge in [-0.25, -0.2) is 8.99 Å². The number of hydrogen-bond acceptors (Lipinski definition) is 5. The van der Waals surface area contributed by atoms with E-state index in [4.69, 9.17) is 20.0 Å². The summed E-state index contributed by atoms with van der Waals surface area (Å²) < 4.78 is 66.9. The van der Waals surface area contributed by atoms with E-state index in [2.05, 4.69) is 0 Å². The molecule has 0 radical (unpaired) electrons. The summed E-state index contributed by atoms with van der Waals surface area (Å²) in [4.78, 5) is -0.759. The first kappa shape index (κ1) is 16.6. The van der Waals surface area contributed by atoms with E-state index >= 15 is 0 Å². The Bertz CT molecular complexity index is 585. The zero-order valence-corrected chi connectivity index (χ0v) is 11.7. The Balaban J connectivity index is 3.56. The molecule has 1 atom stereocenters. The second-order valence-electron chi connectivity index (χ2n) is 3.86. The van der Waals surface area contributed by atoms with E-state index in [1.54, 1.807) is 0 Å². The maximum Gasteiger partial charge on any atom is 0.483 e. The fourth-order valence-electron chi connectivity index (χ4n) is 1.63. The van der Waals surface area contributed by atoms with Crippen molar-refractivity contribution < 1.29 is 26.9 Å². The minimum atomic E-state index is -5.19. The van der Waals surface area contributed by atoms with Gasteiger partial charge < -0.3 is 15.2 Å². The summed E-state index contributed by atoms with van der Waals surface area (Å²) in [6, 6.07) is 2.19. The summed E-state index contributed by atoms with van der Waals surface area (Å²) in [7, 11) is -2.61. The van der Waals surface area contributed by atoms with Gasteiger partial charge in [-0.3, -0.25) is 0 Å². The third kappa shape index (κ3) is 2.98. The van der Waals surface area contributed by atoms with Crippen LogP contribution in [0.25, 0.3) is 0 Å². The number of ether oxygens (including phenoxy) is 2. The van der Waals surface area contributed by atoms with Crippen LogP contribution < -0.4 is 15.2 Å². The normalized spacial score (nSPS) is 14.7. The van der Waals surface area contributed by atoms with Gasteiger partial charge in [-0.2, -0.15) is 13.2 Å². The summed E-state index contributed by atoms with van der Waals surface area (Å²) >= 11 is 0. The maximum absolute atomic E-state index is 12.7. The van der Waals surface area contributed by atoms with Crippen molar-refractivity contribution in [1.82, 2.24) is 0 Å². The van der Waals surface area contributed by atoms with Gasteiger partial charge in [0, 0.05) is 6.07 Å². The highest BCUT2D eigenvalue weighted by Gasteiger charge is 2.45. The molecule has 0 amide bonds. The Morgan fingerprint density at radius 1 is 1.25 bits per heavy atom. The quantitative estimate of drug-likeness (QED) is 0.872. The van der Waals surface area contributed by atoms with Gasteiger partial charge in [-0.05, 0) is 24.6 Å². The van der Waals surface area contributed by atoms with Gasteiger partial charge >= 0.3 is 5.51 Å². The Morgan fingerprint density at radius 2 is 1.80 bits per heavy atom. The first-order valence-electron chi connectivity index (χ1n) is 5.49. The first-order valence-corrected chi connectivity index (χ1v) is 7.05. The Morgan fingerprint density at radius 3 is 2.20 bits per heavy atom. The second-order valence-corrected chi connectivity index (χ2v) is 5.87. The van der Waals surface area contributed by atoms with E-state index in [0.717, 1.165) is 13.2 Å². The smallest absolute Gasteiger partial charge is 0.483 e. The summed E-state index contributed by atoms with van der Waals surface area (Å²) in [5.41, 5.74) is 0.726. The van der Waals surface area contributed by atoms with Crippen molar-refractivity contribution in [2.45, 2.75) is 16.8 Å². The average Bonchev–Trinajstić information content (AvgIpc) is 2.37. The van der Waals surface area contributed by atoms with Crippen LogP contribution in [0.5, 0.6) is 11.5 Å². The fourth-order valence-corrected chi connectivity index (χ4v) is 2.58. The van der Waals surface area contributed by atoms with Crippen LogP contribution in [0.2, 0.25) is 0 Å². The highest BCUT2D eigenvalue weighted by molar-refractivity contribution is 7.93. The number of methoxy groups -OCH3 is 2.